The standard InChI is InChI=1S/C14H26N2O4/c1-5-9(3)12(14(18)19-4)16-13(17)10-7-20-8-11(10)15-6-2/h9-12,15H,5-8H2,1-4H3,(H,16,17). The predicted molar refractivity (Wildman–Crippen MR) is 75.2 cm³/mol. The summed E-state index contributed by atoms with van der Waals surface area (Å²) >= 11 is 0. The monoisotopic (exact) mass is 286 g/mol. The maximum atomic E-state index is 12.3. The Hall–Kier alpha value is -1.14. The molecule has 6 nitrogen and oxygen atoms in total. The first-order valence-electron chi connectivity index (χ1n) is 7.24. The Morgan fingerprint density at radius 2 is 2.05 bits per heavy atom. The van der Waals surface area contributed by atoms with Gasteiger partial charge in [0.05, 0.1) is 26.2 Å². The number of carbonyl (C=O) groups is 2. The second-order valence-electron chi connectivity index (χ2n) is 5.20. The summed E-state index contributed by atoms with van der Waals surface area (Å²) in [5, 5.41) is 6.05. The van der Waals surface area contributed by atoms with Crippen LogP contribution in [0.4, 0.5) is 0 Å². The van der Waals surface area contributed by atoms with Crippen LogP contribution in [0.1, 0.15) is 27.2 Å². The molecule has 4 atom stereocenters. The van der Waals surface area contributed by atoms with Gasteiger partial charge in [0.1, 0.15) is 6.04 Å². The molecular weight excluding hydrogens is 260 g/mol. The van der Waals surface area contributed by atoms with Crippen LogP contribution in [-0.2, 0) is 19.1 Å². The van der Waals surface area contributed by atoms with Crippen LogP contribution in [0.15, 0.2) is 0 Å². The van der Waals surface area contributed by atoms with Crippen molar-refractivity contribution in [1.29, 1.82) is 0 Å². The van der Waals surface area contributed by atoms with Crippen LogP contribution < -0.4 is 10.6 Å². The number of carbonyl (C=O) groups excluding carboxylic acids is 2. The number of hydrogen-bond donors (Lipinski definition) is 2. The van der Waals surface area contributed by atoms with Crippen LogP contribution in [0.25, 0.3) is 0 Å². The minimum Gasteiger partial charge on any atom is -0.467 e. The lowest BCUT2D eigenvalue weighted by atomic mass is 9.97. The fourth-order valence-corrected chi connectivity index (χ4v) is 2.33. The Morgan fingerprint density at radius 1 is 1.35 bits per heavy atom. The Morgan fingerprint density at radius 3 is 2.60 bits per heavy atom. The maximum Gasteiger partial charge on any atom is 0.328 e. The summed E-state index contributed by atoms with van der Waals surface area (Å²) in [5.74, 6) is -0.770. The van der Waals surface area contributed by atoms with Gasteiger partial charge in [-0.2, -0.15) is 0 Å². The van der Waals surface area contributed by atoms with E-state index >= 15 is 0 Å². The molecule has 6 heteroatoms. The lowest BCUT2D eigenvalue weighted by Crippen LogP contribution is -2.51. The number of likely N-dealkylation sites (N-methyl/N-ethyl adjacent to an activating group) is 1. The van der Waals surface area contributed by atoms with Crippen molar-refractivity contribution in [2.45, 2.75) is 39.3 Å². The highest BCUT2D eigenvalue weighted by Crippen LogP contribution is 2.16. The number of esters is 1. The Bertz CT molecular complexity index is 335. The summed E-state index contributed by atoms with van der Waals surface area (Å²) in [4.78, 5) is 24.1. The molecule has 116 valence electrons. The van der Waals surface area contributed by atoms with Gasteiger partial charge in [-0.15, -0.1) is 0 Å². The number of rotatable bonds is 7. The minimum absolute atomic E-state index is 0.00947. The van der Waals surface area contributed by atoms with Crippen molar-refractivity contribution >= 4 is 11.9 Å². The van der Waals surface area contributed by atoms with Gasteiger partial charge in [0.25, 0.3) is 0 Å². The van der Waals surface area contributed by atoms with E-state index in [0.717, 1.165) is 13.0 Å². The summed E-state index contributed by atoms with van der Waals surface area (Å²) < 4.78 is 10.1. The molecule has 20 heavy (non-hydrogen) atoms. The number of methoxy groups -OCH3 is 1. The van der Waals surface area contributed by atoms with E-state index in [1.807, 2.05) is 20.8 Å². The highest BCUT2D eigenvalue weighted by molar-refractivity contribution is 5.86. The zero-order valence-electron chi connectivity index (χ0n) is 12.8. The highest BCUT2D eigenvalue weighted by atomic mass is 16.5. The quantitative estimate of drug-likeness (QED) is 0.659. The van der Waals surface area contributed by atoms with Gasteiger partial charge in [0.2, 0.25) is 5.91 Å². The van der Waals surface area contributed by atoms with Crippen molar-refractivity contribution < 1.29 is 19.1 Å². The van der Waals surface area contributed by atoms with Gasteiger partial charge >= 0.3 is 5.97 Å². The summed E-state index contributed by atoms with van der Waals surface area (Å²) in [6, 6.07) is -0.587. The SMILES string of the molecule is CCNC1COCC1C(=O)NC(C(=O)OC)C(C)CC. The molecule has 4 unspecified atom stereocenters. The number of amides is 1. The minimum atomic E-state index is -0.597. The van der Waals surface area contributed by atoms with E-state index < -0.39 is 12.0 Å². The molecule has 0 aromatic carbocycles. The maximum absolute atomic E-state index is 12.3. The molecule has 0 aromatic rings. The number of ether oxygens (including phenoxy) is 2. The Labute approximate surface area is 120 Å². The molecule has 0 saturated carbocycles. The Kier molecular flexibility index (Phi) is 6.95. The molecule has 0 aliphatic carbocycles. The predicted octanol–water partition coefficient (Wildman–Crippen LogP) is 0.315. The van der Waals surface area contributed by atoms with E-state index in [2.05, 4.69) is 10.6 Å². The molecule has 2 N–H and O–H groups in total. The first-order chi connectivity index (χ1) is 9.54. The molecule has 0 spiro atoms. The summed E-state index contributed by atoms with van der Waals surface area (Å²) in [7, 11) is 1.34. The van der Waals surface area contributed by atoms with Gasteiger partial charge in [-0.05, 0) is 12.5 Å². The fourth-order valence-electron chi connectivity index (χ4n) is 2.33. The van der Waals surface area contributed by atoms with E-state index in [1.54, 1.807) is 0 Å². The molecule has 0 aromatic heterocycles. The van der Waals surface area contributed by atoms with Gasteiger partial charge in [-0.1, -0.05) is 27.2 Å². The normalized spacial score (nSPS) is 25.0. The zero-order chi connectivity index (χ0) is 15.1. The second kappa shape index (κ2) is 8.21. The van der Waals surface area contributed by atoms with Crippen LogP contribution in [0.3, 0.4) is 0 Å². The third kappa shape index (κ3) is 4.18. The molecule has 1 fully saturated rings. The average molecular weight is 286 g/mol. The molecule has 0 bridgehead atoms. The number of hydrogen-bond acceptors (Lipinski definition) is 5. The van der Waals surface area contributed by atoms with Crippen LogP contribution in [0, 0.1) is 11.8 Å². The average Bonchev–Trinajstić information content (AvgIpc) is 2.91. The largest absolute Gasteiger partial charge is 0.467 e. The molecule has 1 aliphatic rings. The highest BCUT2D eigenvalue weighted by Gasteiger charge is 2.36. The molecule has 1 amide bonds. The summed E-state index contributed by atoms with van der Waals surface area (Å²) in [5.41, 5.74) is 0. The van der Waals surface area contributed by atoms with Crippen molar-refractivity contribution in [1.82, 2.24) is 10.6 Å². The van der Waals surface area contributed by atoms with E-state index in [0.29, 0.717) is 13.2 Å². The second-order valence-corrected chi connectivity index (χ2v) is 5.20. The first kappa shape index (κ1) is 16.9. The van der Waals surface area contributed by atoms with Crippen LogP contribution in [0.5, 0.6) is 0 Å². The van der Waals surface area contributed by atoms with Crippen molar-refractivity contribution in [2.75, 3.05) is 26.9 Å². The van der Waals surface area contributed by atoms with Crippen molar-refractivity contribution in [3.63, 3.8) is 0 Å². The van der Waals surface area contributed by atoms with Crippen molar-refractivity contribution in [2.24, 2.45) is 11.8 Å². The van der Waals surface area contributed by atoms with E-state index in [1.165, 1.54) is 7.11 Å². The zero-order valence-corrected chi connectivity index (χ0v) is 12.8. The van der Waals surface area contributed by atoms with Crippen LogP contribution in [0.2, 0.25) is 0 Å². The topological polar surface area (TPSA) is 76.7 Å². The smallest absolute Gasteiger partial charge is 0.328 e. The van der Waals surface area contributed by atoms with Gasteiger partial charge in [0, 0.05) is 6.04 Å². The molecule has 1 rings (SSSR count). The first-order valence-corrected chi connectivity index (χ1v) is 7.24. The summed E-state index contributed by atoms with van der Waals surface area (Å²) in [6.45, 7) is 7.59. The lowest BCUT2D eigenvalue weighted by molar-refractivity contribution is -0.147. The van der Waals surface area contributed by atoms with Gasteiger partial charge in [-0.25, -0.2) is 4.79 Å². The van der Waals surface area contributed by atoms with Crippen molar-refractivity contribution in [3.8, 4) is 0 Å². The van der Waals surface area contributed by atoms with E-state index in [4.69, 9.17) is 9.47 Å². The third-order valence-electron chi connectivity index (χ3n) is 3.85. The van der Waals surface area contributed by atoms with E-state index in [-0.39, 0.29) is 23.8 Å². The number of nitrogens with one attached hydrogen (secondary N) is 2. The van der Waals surface area contributed by atoms with E-state index in [9.17, 15) is 9.59 Å². The molecule has 1 heterocycles. The molecule has 1 saturated heterocycles. The molecular formula is C14H26N2O4. The van der Waals surface area contributed by atoms with Gasteiger partial charge in [0.15, 0.2) is 0 Å². The Balaban J connectivity index is 2.67. The van der Waals surface area contributed by atoms with Gasteiger partial charge in [-0.3, -0.25) is 4.79 Å². The molecule has 0 radical (unpaired) electrons. The van der Waals surface area contributed by atoms with Crippen molar-refractivity contribution in [3.05, 3.63) is 0 Å². The van der Waals surface area contributed by atoms with Crippen LogP contribution in [-0.4, -0.2) is 50.8 Å². The van der Waals surface area contributed by atoms with Crippen LogP contribution >= 0.6 is 0 Å². The molecule has 1 aliphatic heterocycles. The van der Waals surface area contributed by atoms with Gasteiger partial charge < -0.3 is 20.1 Å². The lowest BCUT2D eigenvalue weighted by Gasteiger charge is -2.25. The third-order valence-corrected chi connectivity index (χ3v) is 3.85. The fraction of sp³-hybridized carbons (Fsp3) is 0.857. The summed E-state index contributed by atoms with van der Waals surface area (Å²) in [6.07, 6.45) is 0.790.